The van der Waals surface area contributed by atoms with Gasteiger partial charge in [-0.15, -0.1) is 0 Å². The summed E-state index contributed by atoms with van der Waals surface area (Å²) >= 11 is 0. The van der Waals surface area contributed by atoms with E-state index in [1.54, 1.807) is 31.2 Å². The fourth-order valence-electron chi connectivity index (χ4n) is 3.54. The van der Waals surface area contributed by atoms with Crippen LogP contribution in [0.15, 0.2) is 58.6 Å². The number of urea groups is 1. The number of nitrogens with one attached hydrogen (secondary N) is 2. The molecule has 0 radical (unpaired) electrons. The number of ether oxygens (including phenoxy) is 4. The summed E-state index contributed by atoms with van der Waals surface area (Å²) in [5, 5.41) is 5.14. The molecule has 1 atom stereocenters. The van der Waals surface area contributed by atoms with Crippen LogP contribution in [-0.4, -0.2) is 54.1 Å². The third kappa shape index (κ3) is 5.25. The monoisotopic (exact) mass is 490 g/mol. The second-order valence-corrected chi connectivity index (χ2v) is 9.19. The summed E-state index contributed by atoms with van der Waals surface area (Å²) in [5.41, 5.74) is 0.432. The van der Waals surface area contributed by atoms with Crippen molar-refractivity contribution >= 4 is 21.8 Å². The molecule has 3 rings (SSSR count). The molecule has 0 fully saturated rings. The lowest BCUT2D eigenvalue weighted by Gasteiger charge is -2.29. The summed E-state index contributed by atoms with van der Waals surface area (Å²) in [4.78, 5) is 25.3. The molecule has 34 heavy (non-hydrogen) atoms. The zero-order chi connectivity index (χ0) is 24.9. The maximum atomic E-state index is 13.3. The summed E-state index contributed by atoms with van der Waals surface area (Å²) in [6, 6.07) is 9.30. The van der Waals surface area contributed by atoms with Crippen LogP contribution in [-0.2, 0) is 19.4 Å². The van der Waals surface area contributed by atoms with Gasteiger partial charge in [-0.1, -0.05) is 12.1 Å². The zero-order valence-corrected chi connectivity index (χ0v) is 20.0. The van der Waals surface area contributed by atoms with Gasteiger partial charge in [-0.2, -0.15) is 0 Å². The summed E-state index contributed by atoms with van der Waals surface area (Å²) in [5.74, 6) is -0.300. The van der Waals surface area contributed by atoms with E-state index in [0.29, 0.717) is 17.1 Å². The van der Waals surface area contributed by atoms with E-state index in [1.807, 2.05) is 0 Å². The molecule has 10 nitrogen and oxygen atoms in total. The smallest absolute Gasteiger partial charge is 0.338 e. The van der Waals surface area contributed by atoms with Crippen LogP contribution in [0.5, 0.6) is 17.2 Å². The first-order valence-electron chi connectivity index (χ1n) is 10.3. The molecule has 1 aliphatic heterocycles. The Bertz CT molecular complexity index is 1220. The minimum absolute atomic E-state index is 0.0150. The van der Waals surface area contributed by atoms with Gasteiger partial charge < -0.3 is 29.6 Å². The van der Waals surface area contributed by atoms with Crippen LogP contribution in [0, 0.1) is 0 Å². The number of amides is 2. The Balaban J connectivity index is 2.10. The highest BCUT2D eigenvalue weighted by atomic mass is 32.2. The second kappa shape index (κ2) is 10.5. The SMILES string of the molecule is CCOC(=O)C1=C(CS(=O)(=O)c2ccc(OC)c(OC)c2)NC(=O)N[C@@H]1c1cccc(OC)c1. The van der Waals surface area contributed by atoms with Crippen molar-refractivity contribution in [2.24, 2.45) is 0 Å². The quantitative estimate of drug-likeness (QED) is 0.513. The van der Waals surface area contributed by atoms with E-state index >= 15 is 0 Å². The fraction of sp³-hybridized carbons (Fsp3) is 0.304. The number of hydrogen-bond acceptors (Lipinski definition) is 8. The van der Waals surface area contributed by atoms with E-state index in [4.69, 9.17) is 18.9 Å². The second-order valence-electron chi connectivity index (χ2n) is 7.20. The van der Waals surface area contributed by atoms with Crippen molar-refractivity contribution in [3.8, 4) is 17.2 Å². The van der Waals surface area contributed by atoms with Gasteiger partial charge in [-0.3, -0.25) is 0 Å². The Morgan fingerprint density at radius 3 is 2.38 bits per heavy atom. The molecule has 2 aromatic rings. The first-order chi connectivity index (χ1) is 16.2. The third-order valence-electron chi connectivity index (χ3n) is 5.12. The van der Waals surface area contributed by atoms with Gasteiger partial charge >= 0.3 is 12.0 Å². The number of hydrogen-bond donors (Lipinski definition) is 2. The lowest BCUT2D eigenvalue weighted by atomic mass is 9.95. The summed E-state index contributed by atoms with van der Waals surface area (Å²) in [6.07, 6.45) is 0. The van der Waals surface area contributed by atoms with Gasteiger partial charge in [0, 0.05) is 11.8 Å². The normalized spacial score (nSPS) is 15.8. The van der Waals surface area contributed by atoms with Gasteiger partial charge in [-0.25, -0.2) is 18.0 Å². The minimum atomic E-state index is -4.01. The Hall–Kier alpha value is -3.73. The highest BCUT2D eigenvalue weighted by molar-refractivity contribution is 7.91. The molecule has 1 aliphatic rings. The van der Waals surface area contributed by atoms with Gasteiger partial charge in [0.05, 0.1) is 50.2 Å². The average molecular weight is 491 g/mol. The van der Waals surface area contributed by atoms with Crippen molar-refractivity contribution in [3.05, 3.63) is 59.3 Å². The van der Waals surface area contributed by atoms with Gasteiger partial charge in [0.15, 0.2) is 21.3 Å². The molecule has 1 heterocycles. The van der Waals surface area contributed by atoms with Gasteiger partial charge in [-0.05, 0) is 36.8 Å². The van der Waals surface area contributed by atoms with E-state index in [9.17, 15) is 18.0 Å². The van der Waals surface area contributed by atoms with E-state index in [2.05, 4.69) is 10.6 Å². The van der Waals surface area contributed by atoms with Crippen LogP contribution in [0.4, 0.5) is 4.79 Å². The molecule has 2 aromatic carbocycles. The summed E-state index contributed by atoms with van der Waals surface area (Å²) in [6.45, 7) is 1.70. The summed E-state index contributed by atoms with van der Waals surface area (Å²) < 4.78 is 47.3. The molecule has 0 bridgehead atoms. The molecule has 0 aromatic heterocycles. The number of carbonyl (C=O) groups excluding carboxylic acids is 2. The first-order valence-corrected chi connectivity index (χ1v) is 12.0. The van der Waals surface area contributed by atoms with Crippen LogP contribution in [0.3, 0.4) is 0 Å². The molecule has 2 N–H and O–H groups in total. The zero-order valence-electron chi connectivity index (χ0n) is 19.2. The Morgan fingerprint density at radius 1 is 1.00 bits per heavy atom. The Labute approximate surface area is 197 Å². The number of sulfone groups is 1. The standard InChI is InChI=1S/C23H26N2O8S/c1-5-33-22(26)20-17(13-34(28,29)16-9-10-18(31-3)19(12-16)32-4)24-23(27)25-21(20)14-7-6-8-15(11-14)30-2/h6-12,21H,5,13H2,1-4H3,(H2,24,25,27)/t21-/m1/s1. The molecule has 0 unspecified atom stereocenters. The van der Waals surface area contributed by atoms with Crippen molar-refractivity contribution in [2.45, 2.75) is 17.9 Å². The van der Waals surface area contributed by atoms with Crippen LogP contribution >= 0.6 is 0 Å². The van der Waals surface area contributed by atoms with Crippen LogP contribution in [0.1, 0.15) is 18.5 Å². The van der Waals surface area contributed by atoms with Crippen molar-refractivity contribution in [3.63, 3.8) is 0 Å². The van der Waals surface area contributed by atoms with E-state index < -0.39 is 33.6 Å². The molecule has 0 saturated carbocycles. The van der Waals surface area contributed by atoms with Crippen LogP contribution < -0.4 is 24.8 Å². The highest BCUT2D eigenvalue weighted by Gasteiger charge is 2.36. The fourth-order valence-corrected chi connectivity index (χ4v) is 4.87. The predicted octanol–water partition coefficient (Wildman–Crippen LogP) is 2.36. The molecule has 0 aliphatic carbocycles. The van der Waals surface area contributed by atoms with E-state index in [0.717, 1.165) is 0 Å². The van der Waals surface area contributed by atoms with Gasteiger partial charge in [0.1, 0.15) is 5.75 Å². The van der Waals surface area contributed by atoms with Gasteiger partial charge in [0.25, 0.3) is 0 Å². The third-order valence-corrected chi connectivity index (χ3v) is 6.77. The maximum Gasteiger partial charge on any atom is 0.338 e. The number of rotatable bonds is 9. The molecule has 0 saturated heterocycles. The average Bonchev–Trinajstić information content (AvgIpc) is 2.83. The van der Waals surface area contributed by atoms with Crippen LogP contribution in [0.2, 0.25) is 0 Å². The number of methoxy groups -OCH3 is 3. The largest absolute Gasteiger partial charge is 0.497 e. The lowest BCUT2D eigenvalue weighted by molar-refractivity contribution is -0.139. The molecular weight excluding hydrogens is 464 g/mol. The van der Waals surface area contributed by atoms with Crippen molar-refractivity contribution in [1.82, 2.24) is 10.6 Å². The Morgan fingerprint density at radius 2 is 1.74 bits per heavy atom. The lowest BCUT2D eigenvalue weighted by Crippen LogP contribution is -2.47. The number of esters is 1. The van der Waals surface area contributed by atoms with Crippen LogP contribution in [0.25, 0.3) is 0 Å². The van der Waals surface area contributed by atoms with Crippen molar-refractivity contribution < 1.29 is 37.0 Å². The topological polar surface area (TPSA) is 129 Å². The Kier molecular flexibility index (Phi) is 7.67. The highest BCUT2D eigenvalue weighted by Crippen LogP contribution is 2.33. The molecule has 11 heteroatoms. The molecule has 182 valence electrons. The predicted molar refractivity (Wildman–Crippen MR) is 123 cm³/mol. The number of carbonyl (C=O) groups is 2. The van der Waals surface area contributed by atoms with E-state index in [1.165, 1.54) is 39.5 Å². The van der Waals surface area contributed by atoms with Crippen molar-refractivity contribution in [1.29, 1.82) is 0 Å². The van der Waals surface area contributed by atoms with Crippen molar-refractivity contribution in [2.75, 3.05) is 33.7 Å². The maximum absolute atomic E-state index is 13.3. The number of benzene rings is 2. The van der Waals surface area contributed by atoms with Gasteiger partial charge in [0.2, 0.25) is 0 Å². The summed E-state index contributed by atoms with van der Waals surface area (Å²) in [7, 11) is 0.307. The molecule has 0 spiro atoms. The minimum Gasteiger partial charge on any atom is -0.497 e. The molecular formula is C23H26N2O8S. The van der Waals surface area contributed by atoms with E-state index in [-0.39, 0.29) is 28.5 Å². The first kappa shape index (κ1) is 24.9. The molecule has 2 amide bonds.